The maximum atomic E-state index is 11.0. The number of rotatable bonds is 3. The molecule has 0 spiro atoms. The first-order chi connectivity index (χ1) is 8.84. The van der Waals surface area contributed by atoms with Crippen LogP contribution in [-0.2, 0) is 23.3 Å². The van der Waals surface area contributed by atoms with Crippen molar-refractivity contribution in [1.29, 1.82) is 0 Å². The maximum Gasteiger partial charge on any atom is 0.307 e. The molecule has 102 valence electrons. The first kappa shape index (κ1) is 13.5. The van der Waals surface area contributed by atoms with E-state index in [-0.39, 0.29) is 18.5 Å². The van der Waals surface area contributed by atoms with Gasteiger partial charge in [0.2, 0.25) is 0 Å². The van der Waals surface area contributed by atoms with Crippen LogP contribution in [0.15, 0.2) is 12.5 Å². The Labute approximate surface area is 111 Å². The van der Waals surface area contributed by atoms with Crippen molar-refractivity contribution in [3.8, 4) is 0 Å². The minimum atomic E-state index is -0.875. The van der Waals surface area contributed by atoms with Gasteiger partial charge in [-0.25, -0.2) is 9.97 Å². The molecule has 2 heterocycles. The molecule has 0 atom stereocenters. The van der Waals surface area contributed by atoms with Gasteiger partial charge in [-0.2, -0.15) is 0 Å². The highest BCUT2D eigenvalue weighted by Crippen LogP contribution is 2.28. The van der Waals surface area contributed by atoms with Gasteiger partial charge in [0, 0.05) is 23.7 Å². The Morgan fingerprint density at radius 2 is 2.11 bits per heavy atom. The van der Waals surface area contributed by atoms with Crippen LogP contribution in [0.25, 0.3) is 11.0 Å². The summed E-state index contributed by atoms with van der Waals surface area (Å²) in [5.74, 6) is -0.875. The van der Waals surface area contributed by atoms with Crippen molar-refractivity contribution >= 4 is 17.0 Å². The molecule has 2 aromatic rings. The lowest BCUT2D eigenvalue weighted by atomic mass is 10.1. The fourth-order valence-electron chi connectivity index (χ4n) is 2.17. The van der Waals surface area contributed by atoms with E-state index >= 15 is 0 Å². The van der Waals surface area contributed by atoms with Gasteiger partial charge in [-0.1, -0.05) is 0 Å². The topological polar surface area (TPSA) is 94.0 Å². The van der Waals surface area contributed by atoms with Crippen LogP contribution in [0.4, 0.5) is 0 Å². The average molecular weight is 262 g/mol. The molecule has 2 rings (SSSR count). The Balaban J connectivity index is 2.77. The van der Waals surface area contributed by atoms with E-state index in [9.17, 15) is 4.79 Å². The molecule has 0 amide bonds. The Hall–Kier alpha value is -1.95. The third-order valence-corrected chi connectivity index (χ3v) is 3.00. The van der Waals surface area contributed by atoms with E-state index in [0.717, 1.165) is 11.0 Å². The predicted molar refractivity (Wildman–Crippen MR) is 71.8 cm³/mol. The van der Waals surface area contributed by atoms with Gasteiger partial charge in [-0.05, 0) is 26.3 Å². The van der Waals surface area contributed by atoms with Gasteiger partial charge in [-0.15, -0.1) is 0 Å². The van der Waals surface area contributed by atoms with Crippen LogP contribution < -0.4 is 5.73 Å². The third kappa shape index (κ3) is 2.44. The van der Waals surface area contributed by atoms with Gasteiger partial charge in [0.1, 0.15) is 12.0 Å². The molecule has 0 saturated heterocycles. The quantitative estimate of drug-likeness (QED) is 0.868. The molecular weight excluding hydrogens is 244 g/mol. The number of nitrogens with zero attached hydrogens (tertiary/aromatic N) is 3. The van der Waals surface area contributed by atoms with E-state index in [1.54, 1.807) is 0 Å². The smallest absolute Gasteiger partial charge is 0.307 e. The molecule has 0 saturated carbocycles. The molecule has 6 nitrogen and oxygen atoms in total. The summed E-state index contributed by atoms with van der Waals surface area (Å²) >= 11 is 0. The van der Waals surface area contributed by atoms with E-state index in [1.807, 2.05) is 31.5 Å². The van der Waals surface area contributed by atoms with Crippen molar-refractivity contribution in [2.24, 2.45) is 5.73 Å². The highest BCUT2D eigenvalue weighted by Gasteiger charge is 2.22. The second kappa shape index (κ2) is 4.62. The molecule has 2 aromatic heterocycles. The number of carboxylic acids is 1. The fraction of sp³-hybridized carbons (Fsp3) is 0.462. The van der Waals surface area contributed by atoms with E-state index in [2.05, 4.69) is 9.97 Å². The summed E-state index contributed by atoms with van der Waals surface area (Å²) in [7, 11) is 0. The van der Waals surface area contributed by atoms with Crippen LogP contribution >= 0.6 is 0 Å². The lowest BCUT2D eigenvalue weighted by Crippen LogP contribution is -2.21. The molecule has 0 fully saturated rings. The molecule has 6 heteroatoms. The number of fused-ring (bicyclic) bond motifs is 1. The molecule has 0 aliphatic carbocycles. The fourth-order valence-corrected chi connectivity index (χ4v) is 2.17. The van der Waals surface area contributed by atoms with Gasteiger partial charge in [0.15, 0.2) is 0 Å². The molecule has 0 aliphatic rings. The SMILES string of the molecule is CC(C)(C)n1cc(CC(=O)O)c2c(CN)ncnc21. The van der Waals surface area contributed by atoms with Crippen molar-refractivity contribution in [3.05, 3.63) is 23.8 Å². The number of carbonyl (C=O) groups is 1. The molecule has 0 bridgehead atoms. The highest BCUT2D eigenvalue weighted by atomic mass is 16.4. The van der Waals surface area contributed by atoms with Gasteiger partial charge in [-0.3, -0.25) is 4.79 Å². The molecule has 0 unspecified atom stereocenters. The minimum absolute atomic E-state index is 0.0556. The second-order valence-corrected chi connectivity index (χ2v) is 5.49. The Kier molecular flexibility index (Phi) is 3.28. The van der Waals surface area contributed by atoms with E-state index < -0.39 is 5.97 Å². The molecule has 0 aromatic carbocycles. The normalized spacial score (nSPS) is 12.0. The number of nitrogens with two attached hydrogens (primary N) is 1. The number of carboxylic acid groups (broad SMARTS) is 1. The third-order valence-electron chi connectivity index (χ3n) is 3.00. The average Bonchev–Trinajstić information content (AvgIpc) is 2.67. The molecule has 3 N–H and O–H groups in total. The first-order valence-corrected chi connectivity index (χ1v) is 6.10. The number of hydrogen-bond acceptors (Lipinski definition) is 4. The monoisotopic (exact) mass is 262 g/mol. The molecular formula is C13H18N4O2. The predicted octanol–water partition coefficient (Wildman–Crippen LogP) is 1.27. The maximum absolute atomic E-state index is 11.0. The number of aliphatic carboxylic acids is 1. The van der Waals surface area contributed by atoms with Gasteiger partial charge >= 0.3 is 5.97 Å². The number of hydrogen-bond donors (Lipinski definition) is 2. The van der Waals surface area contributed by atoms with Crippen LogP contribution in [0.3, 0.4) is 0 Å². The Morgan fingerprint density at radius 3 is 2.63 bits per heavy atom. The van der Waals surface area contributed by atoms with Gasteiger partial charge in [0.05, 0.1) is 12.1 Å². The molecule has 19 heavy (non-hydrogen) atoms. The number of aromatic nitrogens is 3. The minimum Gasteiger partial charge on any atom is -0.481 e. The summed E-state index contributed by atoms with van der Waals surface area (Å²) in [6.07, 6.45) is 3.25. The van der Waals surface area contributed by atoms with Crippen LogP contribution in [-0.4, -0.2) is 25.6 Å². The van der Waals surface area contributed by atoms with Gasteiger partial charge < -0.3 is 15.4 Å². The summed E-state index contributed by atoms with van der Waals surface area (Å²) in [5, 5.41) is 9.79. The summed E-state index contributed by atoms with van der Waals surface area (Å²) in [6.45, 7) is 6.39. The zero-order valence-corrected chi connectivity index (χ0v) is 11.3. The van der Waals surface area contributed by atoms with E-state index in [4.69, 9.17) is 10.8 Å². The van der Waals surface area contributed by atoms with Crippen molar-refractivity contribution in [2.75, 3.05) is 0 Å². The lowest BCUT2D eigenvalue weighted by molar-refractivity contribution is -0.136. The summed E-state index contributed by atoms with van der Waals surface area (Å²) in [4.78, 5) is 19.4. The summed E-state index contributed by atoms with van der Waals surface area (Å²) in [6, 6.07) is 0. The van der Waals surface area contributed by atoms with Crippen LogP contribution in [0, 0.1) is 0 Å². The van der Waals surface area contributed by atoms with Crippen LogP contribution in [0.5, 0.6) is 0 Å². The highest BCUT2D eigenvalue weighted by molar-refractivity contribution is 5.87. The van der Waals surface area contributed by atoms with Crippen LogP contribution in [0.1, 0.15) is 32.0 Å². The van der Waals surface area contributed by atoms with Crippen molar-refractivity contribution in [2.45, 2.75) is 39.3 Å². The standard InChI is InChI=1S/C13H18N4O2/c1-13(2,3)17-6-8(4-10(18)19)11-9(5-14)15-7-16-12(11)17/h6-7H,4-5,14H2,1-3H3,(H,18,19). The lowest BCUT2D eigenvalue weighted by Gasteiger charge is -2.21. The molecule has 0 radical (unpaired) electrons. The van der Waals surface area contributed by atoms with Crippen LogP contribution in [0.2, 0.25) is 0 Å². The second-order valence-electron chi connectivity index (χ2n) is 5.49. The Morgan fingerprint density at radius 1 is 1.42 bits per heavy atom. The zero-order chi connectivity index (χ0) is 14.2. The molecule has 0 aliphatic heterocycles. The summed E-state index contributed by atoms with van der Waals surface area (Å²) < 4.78 is 1.97. The van der Waals surface area contributed by atoms with Crippen molar-refractivity contribution < 1.29 is 9.90 Å². The summed E-state index contributed by atoms with van der Waals surface area (Å²) in [5.41, 5.74) is 7.63. The van der Waals surface area contributed by atoms with E-state index in [0.29, 0.717) is 11.3 Å². The first-order valence-electron chi connectivity index (χ1n) is 6.10. The van der Waals surface area contributed by atoms with E-state index in [1.165, 1.54) is 6.33 Å². The van der Waals surface area contributed by atoms with Crippen molar-refractivity contribution in [1.82, 2.24) is 14.5 Å². The Bertz CT molecular complexity index is 625. The van der Waals surface area contributed by atoms with Crippen molar-refractivity contribution in [3.63, 3.8) is 0 Å². The largest absolute Gasteiger partial charge is 0.481 e. The van der Waals surface area contributed by atoms with Gasteiger partial charge in [0.25, 0.3) is 0 Å². The zero-order valence-electron chi connectivity index (χ0n) is 11.3.